The largest absolute Gasteiger partial charge is 0.486 e. The number of ketones is 2. The summed E-state index contributed by atoms with van der Waals surface area (Å²) in [6, 6.07) is 7.87. The van der Waals surface area contributed by atoms with E-state index >= 15 is 0 Å². The van der Waals surface area contributed by atoms with Crippen molar-refractivity contribution in [3.63, 3.8) is 0 Å². The van der Waals surface area contributed by atoms with Gasteiger partial charge in [0.2, 0.25) is 5.91 Å². The Bertz CT molecular complexity index is 1210. The Kier molecular flexibility index (Phi) is 6.47. The van der Waals surface area contributed by atoms with E-state index in [1.54, 1.807) is 0 Å². The Labute approximate surface area is 211 Å². The minimum absolute atomic E-state index is 0.00725. The van der Waals surface area contributed by atoms with Crippen LogP contribution in [-0.2, 0) is 17.6 Å². The van der Waals surface area contributed by atoms with Crippen molar-refractivity contribution in [2.75, 3.05) is 13.1 Å². The minimum Gasteiger partial charge on any atom is -0.486 e. The normalized spacial score (nSPS) is 18.6. The fourth-order valence-corrected chi connectivity index (χ4v) is 6.02. The van der Waals surface area contributed by atoms with Crippen LogP contribution in [0.5, 0.6) is 5.75 Å². The van der Waals surface area contributed by atoms with Crippen LogP contribution in [0.4, 0.5) is 0 Å². The van der Waals surface area contributed by atoms with Crippen LogP contribution in [0.1, 0.15) is 87.9 Å². The molecule has 2 aromatic carbocycles. The molecule has 1 spiro atoms. The molecular weight excluding hydrogens is 462 g/mol. The molecule has 3 aliphatic rings. The van der Waals surface area contributed by atoms with E-state index in [4.69, 9.17) is 16.3 Å². The van der Waals surface area contributed by atoms with Crippen molar-refractivity contribution in [1.29, 1.82) is 0 Å². The Morgan fingerprint density at radius 3 is 2.49 bits per heavy atom. The fraction of sp³-hybridized carbons (Fsp3) is 0.483. The van der Waals surface area contributed by atoms with Gasteiger partial charge in [-0.1, -0.05) is 23.7 Å². The SMILES string of the molecule is Cc1cc2c(c(C)c1Cl)C(=O)CC1(CCN(C(=O)CCC(=O)c3ccc4c(c3)CCCC4)CC1)O2. The van der Waals surface area contributed by atoms with Gasteiger partial charge in [-0.15, -0.1) is 0 Å². The predicted octanol–water partition coefficient (Wildman–Crippen LogP) is 5.83. The van der Waals surface area contributed by atoms with Crippen LogP contribution in [0, 0.1) is 13.8 Å². The molecular formula is C29H32ClNO4. The van der Waals surface area contributed by atoms with Gasteiger partial charge in [0.15, 0.2) is 11.6 Å². The van der Waals surface area contributed by atoms with E-state index in [9.17, 15) is 14.4 Å². The lowest BCUT2D eigenvalue weighted by Crippen LogP contribution is -2.52. The number of nitrogens with zero attached hydrogens (tertiary/aromatic N) is 1. The number of hydrogen-bond acceptors (Lipinski definition) is 4. The number of Topliss-reactive ketones (excluding diaryl/α,β-unsaturated/α-hetero) is 2. The number of halogens is 1. The molecule has 0 unspecified atom stereocenters. The molecule has 1 amide bonds. The van der Waals surface area contributed by atoms with Crippen molar-refractivity contribution in [2.24, 2.45) is 0 Å². The van der Waals surface area contributed by atoms with Crippen LogP contribution in [0.2, 0.25) is 5.02 Å². The number of aryl methyl sites for hydroxylation is 3. The number of ether oxygens (including phenoxy) is 1. The van der Waals surface area contributed by atoms with Gasteiger partial charge in [0.05, 0.1) is 12.0 Å². The highest BCUT2D eigenvalue weighted by Gasteiger charge is 2.44. The molecule has 0 radical (unpaired) electrons. The fourth-order valence-electron chi connectivity index (χ4n) is 5.87. The molecule has 0 saturated carbocycles. The third kappa shape index (κ3) is 4.63. The molecule has 0 atom stereocenters. The number of carbonyl (C=O) groups is 3. The van der Waals surface area contributed by atoms with E-state index in [1.165, 1.54) is 24.0 Å². The van der Waals surface area contributed by atoms with E-state index in [2.05, 4.69) is 6.07 Å². The van der Waals surface area contributed by atoms with Crippen molar-refractivity contribution < 1.29 is 19.1 Å². The van der Waals surface area contributed by atoms with Crippen LogP contribution < -0.4 is 4.74 Å². The molecule has 2 aliphatic heterocycles. The van der Waals surface area contributed by atoms with Gasteiger partial charge in [-0.05, 0) is 73.9 Å². The second kappa shape index (κ2) is 9.42. The molecule has 2 heterocycles. The summed E-state index contributed by atoms with van der Waals surface area (Å²) in [5.41, 5.74) is 5.03. The Morgan fingerprint density at radius 1 is 1.03 bits per heavy atom. The van der Waals surface area contributed by atoms with Gasteiger partial charge in [0, 0.05) is 49.4 Å². The number of likely N-dealkylation sites (tertiary alicyclic amines) is 1. The average Bonchev–Trinajstić information content (AvgIpc) is 2.85. The Morgan fingerprint density at radius 2 is 1.74 bits per heavy atom. The summed E-state index contributed by atoms with van der Waals surface area (Å²) in [6.07, 6.45) is 6.45. The number of piperidine rings is 1. The zero-order valence-electron chi connectivity index (χ0n) is 20.5. The molecule has 1 aliphatic carbocycles. The highest BCUT2D eigenvalue weighted by atomic mass is 35.5. The summed E-state index contributed by atoms with van der Waals surface area (Å²) in [5.74, 6) is 0.687. The summed E-state index contributed by atoms with van der Waals surface area (Å²) in [5, 5.41) is 0.613. The maximum atomic E-state index is 13.0. The molecule has 5 nitrogen and oxygen atoms in total. The highest BCUT2D eigenvalue weighted by molar-refractivity contribution is 6.32. The van der Waals surface area contributed by atoms with Crippen molar-refractivity contribution in [3.8, 4) is 5.75 Å². The molecule has 6 heteroatoms. The van der Waals surface area contributed by atoms with E-state index in [0.717, 1.165) is 29.5 Å². The minimum atomic E-state index is -0.577. The average molecular weight is 494 g/mol. The molecule has 0 bridgehead atoms. The number of benzene rings is 2. The van der Waals surface area contributed by atoms with Crippen molar-refractivity contribution >= 4 is 29.1 Å². The summed E-state index contributed by atoms with van der Waals surface area (Å²) >= 11 is 6.36. The summed E-state index contributed by atoms with van der Waals surface area (Å²) in [4.78, 5) is 40.4. The number of amides is 1. The molecule has 1 saturated heterocycles. The Balaban J connectivity index is 1.18. The predicted molar refractivity (Wildman–Crippen MR) is 136 cm³/mol. The van der Waals surface area contributed by atoms with Gasteiger partial charge in [0.25, 0.3) is 0 Å². The number of hydrogen-bond donors (Lipinski definition) is 0. The molecule has 184 valence electrons. The first kappa shape index (κ1) is 24.1. The lowest BCUT2D eigenvalue weighted by atomic mass is 9.81. The van der Waals surface area contributed by atoms with Crippen molar-refractivity contribution in [1.82, 2.24) is 4.90 Å². The molecule has 1 fully saturated rings. The zero-order chi connectivity index (χ0) is 24.7. The molecule has 2 aromatic rings. The molecule has 5 rings (SSSR count). The van der Waals surface area contributed by atoms with Gasteiger partial charge < -0.3 is 9.64 Å². The molecule has 35 heavy (non-hydrogen) atoms. The second-order valence-corrected chi connectivity index (χ2v) is 10.8. The van der Waals surface area contributed by atoms with Gasteiger partial charge in [0.1, 0.15) is 11.4 Å². The number of fused-ring (bicyclic) bond motifs is 2. The van der Waals surface area contributed by atoms with Gasteiger partial charge >= 0.3 is 0 Å². The monoisotopic (exact) mass is 493 g/mol. The first-order chi connectivity index (χ1) is 16.8. The quantitative estimate of drug-likeness (QED) is 0.503. The van der Waals surface area contributed by atoms with Gasteiger partial charge in [-0.3, -0.25) is 14.4 Å². The third-order valence-electron chi connectivity index (χ3n) is 8.00. The van der Waals surface area contributed by atoms with Crippen molar-refractivity contribution in [3.05, 3.63) is 62.7 Å². The number of carbonyl (C=O) groups excluding carboxylic acids is 3. The van der Waals surface area contributed by atoms with Crippen LogP contribution in [0.3, 0.4) is 0 Å². The summed E-state index contributed by atoms with van der Waals surface area (Å²) < 4.78 is 6.41. The van der Waals surface area contributed by atoms with Crippen molar-refractivity contribution in [2.45, 2.75) is 77.2 Å². The van der Waals surface area contributed by atoms with Crippen LogP contribution in [0.25, 0.3) is 0 Å². The summed E-state index contributed by atoms with van der Waals surface area (Å²) in [7, 11) is 0. The smallest absolute Gasteiger partial charge is 0.223 e. The van der Waals surface area contributed by atoms with E-state index < -0.39 is 5.60 Å². The molecule has 0 aromatic heterocycles. The van der Waals surface area contributed by atoms with E-state index in [1.807, 2.05) is 36.9 Å². The Hall–Kier alpha value is -2.66. The van der Waals surface area contributed by atoms with Crippen LogP contribution >= 0.6 is 11.6 Å². The maximum Gasteiger partial charge on any atom is 0.223 e. The molecule has 0 N–H and O–H groups in total. The standard InChI is InChI=1S/C29H32ClNO4/c1-18-15-25-27(19(2)28(18)30)24(33)17-29(35-25)11-13-31(14-12-29)26(34)10-9-23(32)22-8-7-20-5-3-4-6-21(20)16-22/h7-8,15-16H,3-6,9-14,17H2,1-2H3. The van der Waals surface area contributed by atoms with Crippen LogP contribution in [-0.4, -0.2) is 41.1 Å². The second-order valence-electron chi connectivity index (χ2n) is 10.4. The third-order valence-corrected chi connectivity index (χ3v) is 8.58. The zero-order valence-corrected chi connectivity index (χ0v) is 21.3. The topological polar surface area (TPSA) is 63.7 Å². The van der Waals surface area contributed by atoms with Gasteiger partial charge in [-0.25, -0.2) is 0 Å². The van der Waals surface area contributed by atoms with E-state index in [0.29, 0.717) is 48.7 Å². The lowest BCUT2D eigenvalue weighted by molar-refractivity contribution is -0.134. The number of rotatable bonds is 4. The first-order valence-electron chi connectivity index (χ1n) is 12.7. The van der Waals surface area contributed by atoms with Gasteiger partial charge in [-0.2, -0.15) is 0 Å². The maximum absolute atomic E-state index is 13.0. The first-order valence-corrected chi connectivity index (χ1v) is 13.1. The lowest BCUT2D eigenvalue weighted by Gasteiger charge is -2.44. The summed E-state index contributed by atoms with van der Waals surface area (Å²) in [6.45, 7) is 4.83. The highest BCUT2D eigenvalue weighted by Crippen LogP contribution is 2.43. The van der Waals surface area contributed by atoms with Crippen LogP contribution in [0.15, 0.2) is 24.3 Å². The van der Waals surface area contributed by atoms with E-state index in [-0.39, 0.29) is 30.3 Å².